The molecule has 1 aliphatic heterocycles. The fourth-order valence-electron chi connectivity index (χ4n) is 5.08. The Labute approximate surface area is 225 Å². The third-order valence-corrected chi connectivity index (χ3v) is 7.07. The first-order valence-electron chi connectivity index (χ1n) is 13.2. The molecule has 5 rings (SSSR count). The van der Waals surface area contributed by atoms with E-state index in [-0.39, 0.29) is 11.9 Å². The lowest BCUT2D eigenvalue weighted by Crippen LogP contribution is -2.47. The Kier molecular flexibility index (Phi) is 8.05. The highest BCUT2D eigenvalue weighted by Crippen LogP contribution is 2.30. The molecule has 4 aromatic rings. The SMILES string of the molecule is COc1ccccc1C(=O)N(c1ccc(C)cc1)C1CCN(Cc2cccc(Oc3ccccc3)c2)CC1. The van der Waals surface area contributed by atoms with Crippen LogP contribution in [-0.4, -0.2) is 37.0 Å². The number of likely N-dealkylation sites (tertiary alicyclic amines) is 1. The molecule has 4 aromatic carbocycles. The number of amides is 1. The number of benzene rings is 4. The Hall–Kier alpha value is -4.09. The fraction of sp³-hybridized carbons (Fsp3) is 0.242. The van der Waals surface area contributed by atoms with Crippen molar-refractivity contribution >= 4 is 11.6 Å². The quantitative estimate of drug-likeness (QED) is 0.255. The summed E-state index contributed by atoms with van der Waals surface area (Å²) in [6.45, 7) is 4.74. The van der Waals surface area contributed by atoms with Gasteiger partial charge in [0.25, 0.3) is 5.91 Å². The summed E-state index contributed by atoms with van der Waals surface area (Å²) in [5.74, 6) is 2.26. The summed E-state index contributed by atoms with van der Waals surface area (Å²) < 4.78 is 11.6. The molecule has 1 heterocycles. The number of methoxy groups -OCH3 is 1. The summed E-state index contributed by atoms with van der Waals surface area (Å²) in [5.41, 5.74) is 3.91. The third-order valence-electron chi connectivity index (χ3n) is 7.07. The minimum atomic E-state index is -0.0180. The molecule has 0 spiro atoms. The number of anilines is 1. The van der Waals surface area contributed by atoms with Crippen LogP contribution in [0.3, 0.4) is 0 Å². The van der Waals surface area contributed by atoms with Gasteiger partial charge < -0.3 is 14.4 Å². The number of ether oxygens (including phenoxy) is 2. The van der Waals surface area contributed by atoms with E-state index in [0.717, 1.165) is 49.7 Å². The fourth-order valence-corrected chi connectivity index (χ4v) is 5.08. The average molecular weight is 507 g/mol. The van der Waals surface area contributed by atoms with E-state index < -0.39 is 0 Å². The standard InChI is InChI=1S/C33H34N2O3/c1-25-15-17-27(18-16-25)35(33(36)31-13-6-7-14-32(31)37-2)28-19-21-34(22-20-28)24-26-9-8-12-30(23-26)38-29-10-4-3-5-11-29/h3-18,23,28H,19-22,24H2,1-2H3. The molecule has 194 valence electrons. The van der Waals surface area contributed by atoms with Crippen molar-refractivity contribution in [2.24, 2.45) is 0 Å². The highest BCUT2D eigenvalue weighted by molar-refractivity contribution is 6.08. The summed E-state index contributed by atoms with van der Waals surface area (Å²) in [5, 5.41) is 0. The van der Waals surface area contributed by atoms with Gasteiger partial charge in [-0.3, -0.25) is 9.69 Å². The van der Waals surface area contributed by atoms with Crippen LogP contribution in [0.5, 0.6) is 17.2 Å². The lowest BCUT2D eigenvalue weighted by molar-refractivity contribution is 0.0955. The van der Waals surface area contributed by atoms with Crippen molar-refractivity contribution in [1.82, 2.24) is 4.90 Å². The van der Waals surface area contributed by atoms with E-state index in [1.807, 2.05) is 83.8 Å². The highest BCUT2D eigenvalue weighted by atomic mass is 16.5. The van der Waals surface area contributed by atoms with Crippen molar-refractivity contribution in [3.8, 4) is 17.2 Å². The van der Waals surface area contributed by atoms with Gasteiger partial charge in [-0.2, -0.15) is 0 Å². The second-order valence-electron chi connectivity index (χ2n) is 9.78. The zero-order valence-corrected chi connectivity index (χ0v) is 22.0. The number of rotatable bonds is 8. The van der Waals surface area contributed by atoms with E-state index in [4.69, 9.17) is 9.47 Å². The maximum atomic E-state index is 13.9. The molecule has 0 unspecified atom stereocenters. The van der Waals surface area contributed by atoms with Crippen LogP contribution in [0, 0.1) is 6.92 Å². The minimum absolute atomic E-state index is 0.0180. The van der Waals surface area contributed by atoms with Gasteiger partial charge in [-0.05, 0) is 73.9 Å². The summed E-state index contributed by atoms with van der Waals surface area (Å²) in [6.07, 6.45) is 1.80. The summed E-state index contributed by atoms with van der Waals surface area (Å²) in [7, 11) is 1.61. The van der Waals surface area contributed by atoms with E-state index >= 15 is 0 Å². The number of hydrogen-bond donors (Lipinski definition) is 0. The van der Waals surface area contributed by atoms with Crippen molar-refractivity contribution < 1.29 is 14.3 Å². The first-order chi connectivity index (χ1) is 18.6. The van der Waals surface area contributed by atoms with Gasteiger partial charge in [0, 0.05) is 31.4 Å². The van der Waals surface area contributed by atoms with Crippen LogP contribution >= 0.6 is 0 Å². The summed E-state index contributed by atoms with van der Waals surface area (Å²) >= 11 is 0. The molecule has 0 radical (unpaired) electrons. The number of piperidine rings is 1. The molecule has 1 amide bonds. The van der Waals surface area contributed by atoms with Gasteiger partial charge >= 0.3 is 0 Å². The Bertz CT molecular complexity index is 1350. The van der Waals surface area contributed by atoms with E-state index in [1.54, 1.807) is 7.11 Å². The van der Waals surface area contributed by atoms with Gasteiger partial charge in [0.05, 0.1) is 12.7 Å². The highest BCUT2D eigenvalue weighted by Gasteiger charge is 2.31. The van der Waals surface area contributed by atoms with Gasteiger partial charge in [0.1, 0.15) is 17.2 Å². The van der Waals surface area contributed by atoms with Crippen molar-refractivity contribution in [3.63, 3.8) is 0 Å². The second-order valence-corrected chi connectivity index (χ2v) is 9.78. The summed E-state index contributed by atoms with van der Waals surface area (Å²) in [6, 6.07) is 34.0. The van der Waals surface area contributed by atoms with Crippen LogP contribution in [0.15, 0.2) is 103 Å². The number of carbonyl (C=O) groups is 1. The van der Waals surface area contributed by atoms with Crippen LogP contribution in [0.25, 0.3) is 0 Å². The third kappa shape index (κ3) is 6.06. The molecule has 5 heteroatoms. The van der Waals surface area contributed by atoms with E-state index in [0.29, 0.717) is 11.3 Å². The minimum Gasteiger partial charge on any atom is -0.496 e. The van der Waals surface area contributed by atoms with Gasteiger partial charge in [0.15, 0.2) is 0 Å². The summed E-state index contributed by atoms with van der Waals surface area (Å²) in [4.78, 5) is 18.3. The lowest BCUT2D eigenvalue weighted by Gasteiger charge is -2.39. The van der Waals surface area contributed by atoms with Crippen LogP contribution in [-0.2, 0) is 6.54 Å². The number of aryl methyl sites for hydroxylation is 1. The first-order valence-corrected chi connectivity index (χ1v) is 13.2. The van der Waals surface area contributed by atoms with Crippen molar-refractivity contribution in [1.29, 1.82) is 0 Å². The molecular formula is C33H34N2O3. The van der Waals surface area contributed by atoms with Crippen molar-refractivity contribution in [2.45, 2.75) is 32.4 Å². The van der Waals surface area contributed by atoms with Crippen molar-refractivity contribution in [3.05, 3.63) is 120 Å². The Morgan fingerprint density at radius 2 is 1.53 bits per heavy atom. The second kappa shape index (κ2) is 12.0. The molecule has 38 heavy (non-hydrogen) atoms. The molecule has 0 aliphatic carbocycles. The van der Waals surface area contributed by atoms with E-state index in [9.17, 15) is 4.79 Å². The van der Waals surface area contributed by atoms with Gasteiger partial charge in [-0.25, -0.2) is 0 Å². The lowest BCUT2D eigenvalue weighted by atomic mass is 9.99. The van der Waals surface area contributed by atoms with Gasteiger partial charge in [0.2, 0.25) is 0 Å². The number of carbonyl (C=O) groups excluding carboxylic acids is 1. The number of nitrogens with zero attached hydrogens (tertiary/aromatic N) is 2. The van der Waals surface area contributed by atoms with Crippen molar-refractivity contribution in [2.75, 3.05) is 25.1 Å². The topological polar surface area (TPSA) is 42.0 Å². The number of hydrogen-bond acceptors (Lipinski definition) is 4. The predicted octanol–water partition coefficient (Wildman–Crippen LogP) is 7.11. The Morgan fingerprint density at radius 1 is 0.842 bits per heavy atom. The van der Waals surface area contributed by atoms with Crippen LogP contribution in [0.4, 0.5) is 5.69 Å². The number of para-hydroxylation sites is 2. The maximum Gasteiger partial charge on any atom is 0.262 e. The van der Waals surface area contributed by atoms with Gasteiger partial charge in [-0.15, -0.1) is 0 Å². The Balaban J connectivity index is 1.29. The molecule has 0 saturated carbocycles. The largest absolute Gasteiger partial charge is 0.496 e. The molecular weight excluding hydrogens is 472 g/mol. The zero-order chi connectivity index (χ0) is 26.3. The molecule has 1 aliphatic rings. The Morgan fingerprint density at radius 3 is 2.26 bits per heavy atom. The average Bonchev–Trinajstić information content (AvgIpc) is 2.96. The van der Waals surface area contributed by atoms with Crippen LogP contribution in [0.2, 0.25) is 0 Å². The molecule has 1 saturated heterocycles. The molecule has 0 aromatic heterocycles. The monoisotopic (exact) mass is 506 g/mol. The van der Waals surface area contributed by atoms with Gasteiger partial charge in [-0.1, -0.05) is 60.2 Å². The molecule has 0 N–H and O–H groups in total. The van der Waals surface area contributed by atoms with E-state index in [2.05, 4.69) is 36.1 Å². The van der Waals surface area contributed by atoms with Crippen LogP contribution < -0.4 is 14.4 Å². The smallest absolute Gasteiger partial charge is 0.262 e. The predicted molar refractivity (Wildman–Crippen MR) is 152 cm³/mol. The zero-order valence-electron chi connectivity index (χ0n) is 22.0. The molecule has 5 nitrogen and oxygen atoms in total. The molecule has 0 atom stereocenters. The maximum absolute atomic E-state index is 13.9. The molecule has 1 fully saturated rings. The first kappa shape index (κ1) is 25.6. The van der Waals surface area contributed by atoms with Crippen LogP contribution in [0.1, 0.15) is 34.3 Å². The van der Waals surface area contributed by atoms with E-state index in [1.165, 1.54) is 11.1 Å². The normalized spacial score (nSPS) is 14.2. The molecule has 0 bridgehead atoms.